The largest absolute Gasteiger partial charge is 0.386 e. The van der Waals surface area contributed by atoms with Gasteiger partial charge >= 0.3 is 0 Å². The summed E-state index contributed by atoms with van der Waals surface area (Å²) in [4.78, 5) is 15.9. The summed E-state index contributed by atoms with van der Waals surface area (Å²) < 4.78 is 0. The third-order valence-corrected chi connectivity index (χ3v) is 3.93. The van der Waals surface area contributed by atoms with Crippen molar-refractivity contribution in [2.75, 3.05) is 45.8 Å². The Morgan fingerprint density at radius 2 is 1.94 bits per heavy atom. The summed E-state index contributed by atoms with van der Waals surface area (Å²) in [5.74, 6) is 0.364. The fourth-order valence-electron chi connectivity index (χ4n) is 2.32. The molecule has 0 bridgehead atoms. The number of hydrogen-bond donors (Lipinski definition) is 2. The zero-order chi connectivity index (χ0) is 12.5. The number of rotatable bonds is 3. The number of nitrogens with zero attached hydrogens (tertiary/aromatic N) is 2. The molecule has 2 fully saturated rings. The number of amides is 1. The first-order chi connectivity index (χ1) is 8.01. The molecular formula is C12H23N3O2. The lowest BCUT2D eigenvalue weighted by Crippen LogP contribution is -2.67. The van der Waals surface area contributed by atoms with Gasteiger partial charge in [0, 0.05) is 26.2 Å². The Bertz CT molecular complexity index is 281. The second kappa shape index (κ2) is 4.92. The van der Waals surface area contributed by atoms with E-state index in [-0.39, 0.29) is 11.8 Å². The molecule has 0 radical (unpaired) electrons. The molecule has 2 heterocycles. The third kappa shape index (κ3) is 2.78. The Morgan fingerprint density at radius 3 is 2.47 bits per heavy atom. The molecule has 2 saturated heterocycles. The van der Waals surface area contributed by atoms with E-state index >= 15 is 0 Å². The summed E-state index contributed by atoms with van der Waals surface area (Å²) in [7, 11) is 0. The number of nitrogens with one attached hydrogen (secondary N) is 1. The lowest BCUT2D eigenvalue weighted by molar-refractivity contribution is -0.164. The Balaban J connectivity index is 1.75. The van der Waals surface area contributed by atoms with Crippen molar-refractivity contribution in [2.24, 2.45) is 5.92 Å². The fourth-order valence-corrected chi connectivity index (χ4v) is 2.32. The summed E-state index contributed by atoms with van der Waals surface area (Å²) >= 11 is 0. The van der Waals surface area contributed by atoms with Crippen LogP contribution < -0.4 is 5.32 Å². The molecule has 5 heteroatoms. The van der Waals surface area contributed by atoms with Gasteiger partial charge in [0.25, 0.3) is 0 Å². The van der Waals surface area contributed by atoms with Gasteiger partial charge in [-0.05, 0) is 5.92 Å². The maximum Gasteiger partial charge on any atom is 0.236 e. The van der Waals surface area contributed by atoms with Gasteiger partial charge in [-0.3, -0.25) is 9.69 Å². The van der Waals surface area contributed by atoms with E-state index in [9.17, 15) is 9.90 Å². The first-order valence-corrected chi connectivity index (χ1v) is 6.44. The van der Waals surface area contributed by atoms with E-state index in [1.165, 1.54) is 0 Å². The van der Waals surface area contributed by atoms with Crippen LogP contribution in [0, 0.1) is 5.92 Å². The summed E-state index contributed by atoms with van der Waals surface area (Å²) in [6.07, 6.45) is 0. The highest BCUT2D eigenvalue weighted by atomic mass is 16.3. The molecule has 0 atom stereocenters. The van der Waals surface area contributed by atoms with Crippen molar-refractivity contribution in [1.29, 1.82) is 0 Å². The molecule has 5 nitrogen and oxygen atoms in total. The highest BCUT2D eigenvalue weighted by molar-refractivity contribution is 5.79. The maximum absolute atomic E-state index is 12.0. The molecule has 0 saturated carbocycles. The van der Waals surface area contributed by atoms with Crippen LogP contribution in [0.3, 0.4) is 0 Å². The minimum atomic E-state index is -0.654. The van der Waals surface area contributed by atoms with Gasteiger partial charge in [-0.2, -0.15) is 0 Å². The van der Waals surface area contributed by atoms with Crippen LogP contribution in [0.1, 0.15) is 13.8 Å². The molecule has 0 spiro atoms. The molecule has 0 aromatic heterocycles. The number of hydrogen-bond acceptors (Lipinski definition) is 4. The van der Waals surface area contributed by atoms with Crippen molar-refractivity contribution in [3.05, 3.63) is 0 Å². The van der Waals surface area contributed by atoms with Gasteiger partial charge in [-0.25, -0.2) is 0 Å². The number of β-amino-alcohol motifs (C(OH)–C–C–N with tert-alkyl or cyclic N) is 1. The molecule has 2 N–H and O–H groups in total. The quantitative estimate of drug-likeness (QED) is 0.674. The summed E-state index contributed by atoms with van der Waals surface area (Å²) in [6.45, 7) is 9.28. The summed E-state index contributed by atoms with van der Waals surface area (Å²) in [5, 5.41) is 13.4. The highest BCUT2D eigenvalue weighted by Gasteiger charge is 2.45. The second-order valence-electron chi connectivity index (χ2n) is 5.53. The third-order valence-electron chi connectivity index (χ3n) is 3.93. The molecule has 2 aliphatic rings. The van der Waals surface area contributed by atoms with Crippen molar-refractivity contribution in [1.82, 2.24) is 15.1 Å². The molecule has 17 heavy (non-hydrogen) atoms. The molecule has 2 rings (SSSR count). The first-order valence-electron chi connectivity index (χ1n) is 6.44. The molecule has 0 unspecified atom stereocenters. The Hall–Kier alpha value is -0.650. The van der Waals surface area contributed by atoms with Gasteiger partial charge in [0.15, 0.2) is 0 Å². The Morgan fingerprint density at radius 1 is 1.35 bits per heavy atom. The Labute approximate surface area is 103 Å². The van der Waals surface area contributed by atoms with Crippen molar-refractivity contribution in [3.8, 4) is 0 Å². The Kier molecular flexibility index (Phi) is 3.70. The van der Waals surface area contributed by atoms with E-state index in [4.69, 9.17) is 0 Å². The van der Waals surface area contributed by atoms with E-state index in [1.54, 1.807) is 4.90 Å². The fraction of sp³-hybridized carbons (Fsp3) is 0.917. The van der Waals surface area contributed by atoms with E-state index in [2.05, 4.69) is 10.2 Å². The summed E-state index contributed by atoms with van der Waals surface area (Å²) in [6, 6.07) is 0. The summed E-state index contributed by atoms with van der Waals surface area (Å²) in [5.41, 5.74) is -0.654. The lowest BCUT2D eigenvalue weighted by atomic mass is 9.83. The molecular weight excluding hydrogens is 218 g/mol. The topological polar surface area (TPSA) is 55.8 Å². The maximum atomic E-state index is 12.0. The van der Waals surface area contributed by atoms with Crippen LogP contribution in [0.25, 0.3) is 0 Å². The SMILES string of the molecule is CC(C)C1(O)CN(C(=O)CN2CCNCC2)C1. The van der Waals surface area contributed by atoms with Crippen LogP contribution >= 0.6 is 0 Å². The van der Waals surface area contributed by atoms with E-state index in [0.29, 0.717) is 19.6 Å². The molecule has 0 aliphatic carbocycles. The average Bonchev–Trinajstić information content (AvgIpc) is 2.25. The van der Waals surface area contributed by atoms with Gasteiger partial charge in [0.1, 0.15) is 5.60 Å². The average molecular weight is 241 g/mol. The number of likely N-dealkylation sites (tertiary alicyclic amines) is 1. The van der Waals surface area contributed by atoms with Crippen molar-refractivity contribution < 1.29 is 9.90 Å². The minimum Gasteiger partial charge on any atom is -0.386 e. The predicted octanol–water partition coefficient (Wildman–Crippen LogP) is -0.879. The number of piperazine rings is 1. The van der Waals surface area contributed by atoms with E-state index < -0.39 is 5.60 Å². The van der Waals surface area contributed by atoms with Gasteiger partial charge < -0.3 is 15.3 Å². The lowest BCUT2D eigenvalue weighted by Gasteiger charge is -2.49. The van der Waals surface area contributed by atoms with Crippen molar-refractivity contribution in [2.45, 2.75) is 19.4 Å². The second-order valence-corrected chi connectivity index (χ2v) is 5.53. The van der Waals surface area contributed by atoms with Crippen molar-refractivity contribution >= 4 is 5.91 Å². The highest BCUT2D eigenvalue weighted by Crippen LogP contribution is 2.28. The normalized spacial score (nSPS) is 24.8. The standard InChI is InChI=1S/C12H23N3O2/c1-10(2)12(17)8-15(9-12)11(16)7-14-5-3-13-4-6-14/h10,13,17H,3-9H2,1-2H3. The molecule has 0 aromatic rings. The number of carbonyl (C=O) groups excluding carboxylic acids is 1. The van der Waals surface area contributed by atoms with Gasteiger partial charge in [0.05, 0.1) is 19.6 Å². The molecule has 98 valence electrons. The van der Waals surface area contributed by atoms with Crippen LogP contribution in [-0.2, 0) is 4.79 Å². The van der Waals surface area contributed by atoms with Crippen LogP contribution in [0.4, 0.5) is 0 Å². The predicted molar refractivity (Wildman–Crippen MR) is 65.7 cm³/mol. The minimum absolute atomic E-state index is 0.150. The molecule has 2 aliphatic heterocycles. The smallest absolute Gasteiger partial charge is 0.236 e. The van der Waals surface area contributed by atoms with Crippen LogP contribution in [0.5, 0.6) is 0 Å². The first kappa shape index (κ1) is 12.8. The zero-order valence-corrected chi connectivity index (χ0v) is 10.8. The van der Waals surface area contributed by atoms with Gasteiger partial charge in [0.2, 0.25) is 5.91 Å². The zero-order valence-electron chi connectivity index (χ0n) is 10.8. The monoisotopic (exact) mass is 241 g/mol. The van der Waals surface area contributed by atoms with Gasteiger partial charge in [-0.15, -0.1) is 0 Å². The van der Waals surface area contributed by atoms with Crippen LogP contribution in [0.2, 0.25) is 0 Å². The number of carbonyl (C=O) groups is 1. The van der Waals surface area contributed by atoms with E-state index in [1.807, 2.05) is 13.8 Å². The molecule has 0 aromatic carbocycles. The number of aliphatic hydroxyl groups is 1. The molecule has 1 amide bonds. The van der Waals surface area contributed by atoms with E-state index in [0.717, 1.165) is 26.2 Å². The van der Waals surface area contributed by atoms with Crippen molar-refractivity contribution in [3.63, 3.8) is 0 Å². The van der Waals surface area contributed by atoms with Gasteiger partial charge in [-0.1, -0.05) is 13.8 Å². The van der Waals surface area contributed by atoms with Crippen LogP contribution in [0.15, 0.2) is 0 Å². The van der Waals surface area contributed by atoms with Crippen LogP contribution in [-0.4, -0.2) is 72.2 Å².